The highest BCUT2D eigenvalue weighted by Gasteiger charge is 2.19. The number of rotatable bonds is 2. The first-order chi connectivity index (χ1) is 8.66. The normalized spacial score (nSPS) is 16.6. The number of nitrogens with one attached hydrogen (secondary N) is 1. The van der Waals surface area contributed by atoms with E-state index < -0.39 is 0 Å². The number of anilines is 1. The molecule has 1 aromatic carbocycles. The van der Waals surface area contributed by atoms with Crippen molar-refractivity contribution in [1.82, 2.24) is 10.2 Å². The summed E-state index contributed by atoms with van der Waals surface area (Å²) in [6, 6.07) is 7.63. The average Bonchev–Trinajstić information content (AvgIpc) is 2.38. The van der Waals surface area contributed by atoms with Crippen molar-refractivity contribution in [2.75, 3.05) is 18.8 Å². The van der Waals surface area contributed by atoms with Crippen molar-refractivity contribution in [1.29, 1.82) is 0 Å². The summed E-state index contributed by atoms with van der Waals surface area (Å²) in [4.78, 5) is 13.9. The Morgan fingerprint density at radius 1 is 1.39 bits per heavy atom. The quantitative estimate of drug-likeness (QED) is 0.787. The minimum absolute atomic E-state index is 0.0187. The summed E-state index contributed by atoms with van der Waals surface area (Å²) in [6.07, 6.45) is 2.20. The first-order valence-corrected chi connectivity index (χ1v) is 6.53. The summed E-state index contributed by atoms with van der Waals surface area (Å²) in [5.74, 6) is 0.735. The van der Waals surface area contributed by atoms with Gasteiger partial charge in [0.15, 0.2) is 0 Å². The molecule has 2 rings (SSSR count). The Hall–Kier alpha value is -1.71. The van der Waals surface area contributed by atoms with Crippen molar-refractivity contribution in [3.63, 3.8) is 0 Å². The fraction of sp³-hybridized carbons (Fsp3) is 0.500. The van der Waals surface area contributed by atoms with Crippen LogP contribution in [0, 0.1) is 5.92 Å². The van der Waals surface area contributed by atoms with Crippen LogP contribution < -0.4 is 11.1 Å². The van der Waals surface area contributed by atoms with E-state index in [4.69, 9.17) is 5.73 Å². The Balaban J connectivity index is 1.83. The highest BCUT2D eigenvalue weighted by molar-refractivity contribution is 5.74. The molecule has 4 heteroatoms. The Bertz CT molecular complexity index is 411. The van der Waals surface area contributed by atoms with Crippen molar-refractivity contribution in [3.8, 4) is 0 Å². The minimum atomic E-state index is 0.0187. The second-order valence-corrected chi connectivity index (χ2v) is 5.03. The maximum atomic E-state index is 12.0. The monoisotopic (exact) mass is 247 g/mol. The number of nitrogen functional groups attached to an aromatic ring is 1. The number of carbonyl (C=O) groups is 1. The first-order valence-electron chi connectivity index (χ1n) is 6.53. The molecule has 1 saturated heterocycles. The molecule has 0 atom stereocenters. The Morgan fingerprint density at radius 3 is 2.72 bits per heavy atom. The topological polar surface area (TPSA) is 58.4 Å². The molecule has 1 aromatic rings. The van der Waals surface area contributed by atoms with Gasteiger partial charge in [-0.1, -0.05) is 25.1 Å². The van der Waals surface area contributed by atoms with Crippen molar-refractivity contribution < 1.29 is 4.79 Å². The van der Waals surface area contributed by atoms with Crippen LogP contribution in [-0.2, 0) is 6.54 Å². The standard InChI is InChI=1S/C14H21N3O/c1-11-6-8-17(9-7-11)14(18)16-10-12-4-2-3-5-13(12)15/h2-5,11H,6-10,15H2,1H3,(H,16,18). The SMILES string of the molecule is CC1CCN(C(=O)NCc2ccccc2N)CC1. The molecule has 4 nitrogen and oxygen atoms in total. The Kier molecular flexibility index (Phi) is 4.07. The number of nitrogens with two attached hydrogens (primary N) is 1. The van der Waals surface area contributed by atoms with Gasteiger partial charge in [0.05, 0.1) is 0 Å². The Morgan fingerprint density at radius 2 is 2.06 bits per heavy atom. The molecule has 1 aliphatic rings. The van der Waals surface area contributed by atoms with E-state index in [1.165, 1.54) is 0 Å². The van der Waals surface area contributed by atoms with Crippen molar-refractivity contribution in [3.05, 3.63) is 29.8 Å². The molecule has 0 bridgehead atoms. The van der Waals surface area contributed by atoms with Gasteiger partial charge in [0.25, 0.3) is 0 Å². The van der Waals surface area contributed by atoms with Crippen LogP contribution in [0.3, 0.4) is 0 Å². The summed E-state index contributed by atoms with van der Waals surface area (Å²) < 4.78 is 0. The number of para-hydroxylation sites is 1. The van der Waals surface area contributed by atoms with Crippen LogP contribution in [0.15, 0.2) is 24.3 Å². The van der Waals surface area contributed by atoms with Gasteiger partial charge in [-0.25, -0.2) is 4.79 Å². The van der Waals surface area contributed by atoms with Gasteiger partial charge < -0.3 is 16.0 Å². The van der Waals surface area contributed by atoms with E-state index in [1.54, 1.807) is 0 Å². The molecule has 98 valence electrons. The van der Waals surface area contributed by atoms with Gasteiger partial charge in [-0.05, 0) is 30.4 Å². The van der Waals surface area contributed by atoms with Crippen LogP contribution in [0.1, 0.15) is 25.3 Å². The molecule has 0 spiro atoms. The maximum Gasteiger partial charge on any atom is 0.317 e. The molecule has 18 heavy (non-hydrogen) atoms. The van der Waals surface area contributed by atoms with Crippen molar-refractivity contribution >= 4 is 11.7 Å². The lowest BCUT2D eigenvalue weighted by Gasteiger charge is -2.30. The molecule has 1 fully saturated rings. The summed E-state index contributed by atoms with van der Waals surface area (Å²) in [5, 5.41) is 2.93. The number of benzene rings is 1. The lowest BCUT2D eigenvalue weighted by Crippen LogP contribution is -2.43. The number of urea groups is 1. The third kappa shape index (κ3) is 3.15. The maximum absolute atomic E-state index is 12.0. The van der Waals surface area contributed by atoms with Crippen LogP contribution >= 0.6 is 0 Å². The lowest BCUT2D eigenvalue weighted by molar-refractivity contribution is 0.173. The van der Waals surface area contributed by atoms with Gasteiger partial charge in [-0.3, -0.25) is 0 Å². The van der Waals surface area contributed by atoms with Crippen molar-refractivity contribution in [2.24, 2.45) is 5.92 Å². The number of hydrogen-bond acceptors (Lipinski definition) is 2. The van der Waals surface area contributed by atoms with E-state index in [0.29, 0.717) is 6.54 Å². The molecular formula is C14H21N3O. The second kappa shape index (κ2) is 5.76. The third-order valence-electron chi connectivity index (χ3n) is 3.56. The number of likely N-dealkylation sites (tertiary alicyclic amines) is 1. The summed E-state index contributed by atoms with van der Waals surface area (Å²) >= 11 is 0. The lowest BCUT2D eigenvalue weighted by atomic mass is 10.00. The van der Waals surface area contributed by atoms with Gasteiger partial charge in [-0.2, -0.15) is 0 Å². The second-order valence-electron chi connectivity index (χ2n) is 5.03. The van der Waals surface area contributed by atoms with Gasteiger partial charge in [0.2, 0.25) is 0 Å². The smallest absolute Gasteiger partial charge is 0.317 e. The van der Waals surface area contributed by atoms with Crippen LogP contribution in [0.4, 0.5) is 10.5 Å². The minimum Gasteiger partial charge on any atom is -0.398 e. The molecule has 1 heterocycles. The fourth-order valence-electron chi connectivity index (χ4n) is 2.19. The predicted molar refractivity (Wildman–Crippen MR) is 73.1 cm³/mol. The molecular weight excluding hydrogens is 226 g/mol. The zero-order valence-electron chi connectivity index (χ0n) is 10.9. The van der Waals surface area contributed by atoms with E-state index in [9.17, 15) is 4.79 Å². The molecule has 0 saturated carbocycles. The molecule has 0 aliphatic carbocycles. The molecule has 0 radical (unpaired) electrons. The average molecular weight is 247 g/mol. The molecule has 0 aromatic heterocycles. The fourth-order valence-corrected chi connectivity index (χ4v) is 2.19. The van der Waals surface area contributed by atoms with Crippen LogP contribution in [0.5, 0.6) is 0 Å². The molecule has 1 aliphatic heterocycles. The molecule has 2 amide bonds. The van der Waals surface area contributed by atoms with Crippen LogP contribution in [0.25, 0.3) is 0 Å². The summed E-state index contributed by atoms with van der Waals surface area (Å²) in [6.45, 7) is 4.45. The first kappa shape index (κ1) is 12.7. The predicted octanol–water partition coefficient (Wildman–Crippen LogP) is 2.21. The van der Waals surface area contributed by atoms with Gasteiger partial charge in [0.1, 0.15) is 0 Å². The summed E-state index contributed by atoms with van der Waals surface area (Å²) in [7, 11) is 0. The highest BCUT2D eigenvalue weighted by Crippen LogP contribution is 2.16. The van der Waals surface area contributed by atoms with Gasteiger partial charge in [0, 0.05) is 25.3 Å². The number of piperidine rings is 1. The number of hydrogen-bond donors (Lipinski definition) is 2. The summed E-state index contributed by atoms with van der Waals surface area (Å²) in [5.41, 5.74) is 7.53. The third-order valence-corrected chi connectivity index (χ3v) is 3.56. The highest BCUT2D eigenvalue weighted by atomic mass is 16.2. The number of carbonyl (C=O) groups excluding carboxylic acids is 1. The largest absolute Gasteiger partial charge is 0.398 e. The zero-order valence-corrected chi connectivity index (χ0v) is 10.9. The van der Waals surface area contributed by atoms with Gasteiger partial charge >= 0.3 is 6.03 Å². The number of nitrogens with zero attached hydrogens (tertiary/aromatic N) is 1. The van der Waals surface area contributed by atoms with E-state index in [2.05, 4.69) is 12.2 Å². The van der Waals surface area contributed by atoms with E-state index >= 15 is 0 Å². The van der Waals surface area contributed by atoms with E-state index in [1.807, 2.05) is 29.2 Å². The molecule has 0 unspecified atom stereocenters. The molecule has 3 N–H and O–H groups in total. The van der Waals surface area contributed by atoms with E-state index in [0.717, 1.165) is 43.1 Å². The van der Waals surface area contributed by atoms with Gasteiger partial charge in [-0.15, -0.1) is 0 Å². The van der Waals surface area contributed by atoms with Crippen LogP contribution in [0.2, 0.25) is 0 Å². The number of amides is 2. The van der Waals surface area contributed by atoms with Crippen LogP contribution in [-0.4, -0.2) is 24.0 Å². The zero-order chi connectivity index (χ0) is 13.0. The Labute approximate surface area is 108 Å². The van der Waals surface area contributed by atoms with Crippen molar-refractivity contribution in [2.45, 2.75) is 26.3 Å². The van der Waals surface area contributed by atoms with E-state index in [-0.39, 0.29) is 6.03 Å².